The lowest BCUT2D eigenvalue weighted by Gasteiger charge is -2.15. The summed E-state index contributed by atoms with van der Waals surface area (Å²) in [6.45, 7) is 4.64. The number of thiophene rings is 1. The van der Waals surface area contributed by atoms with Crippen molar-refractivity contribution in [1.82, 2.24) is 20.1 Å². The maximum absolute atomic E-state index is 12.5. The van der Waals surface area contributed by atoms with Gasteiger partial charge in [-0.2, -0.15) is 5.10 Å². The molecule has 2 aromatic heterocycles. The molecule has 2 N–H and O–H groups in total. The Bertz CT molecular complexity index is 914. The van der Waals surface area contributed by atoms with Crippen molar-refractivity contribution in [2.45, 2.75) is 26.4 Å². The minimum atomic E-state index is -0.123. The highest BCUT2D eigenvalue weighted by Gasteiger charge is 2.15. The second-order valence-electron chi connectivity index (χ2n) is 5.71. The summed E-state index contributed by atoms with van der Waals surface area (Å²) in [5.74, 6) is 1.37. The quantitative estimate of drug-likeness (QED) is 0.601. The zero-order valence-electron chi connectivity index (χ0n) is 14.6. The van der Waals surface area contributed by atoms with E-state index in [1.807, 2.05) is 55.6 Å². The van der Waals surface area contributed by atoms with Gasteiger partial charge < -0.3 is 10.1 Å². The Hall–Kier alpha value is -2.45. The van der Waals surface area contributed by atoms with E-state index in [0.29, 0.717) is 17.2 Å². The summed E-state index contributed by atoms with van der Waals surface area (Å²) in [5, 5.41) is 12.0. The van der Waals surface area contributed by atoms with Crippen LogP contribution in [0.3, 0.4) is 0 Å². The number of rotatable bonds is 7. The second kappa shape index (κ2) is 8.29. The number of benzene rings is 1. The highest BCUT2D eigenvalue weighted by Crippen LogP contribution is 2.23. The Balaban J connectivity index is 1.67. The van der Waals surface area contributed by atoms with Crippen molar-refractivity contribution in [2.24, 2.45) is 0 Å². The third kappa shape index (κ3) is 4.20. The van der Waals surface area contributed by atoms with Crippen LogP contribution in [0.25, 0.3) is 10.7 Å². The fourth-order valence-electron chi connectivity index (χ4n) is 2.59. The van der Waals surface area contributed by atoms with Crippen LogP contribution < -0.4 is 10.1 Å². The van der Waals surface area contributed by atoms with Crippen LogP contribution in [0.1, 0.15) is 25.5 Å². The molecule has 136 valence electrons. The van der Waals surface area contributed by atoms with Gasteiger partial charge in [0.25, 0.3) is 0 Å². The summed E-state index contributed by atoms with van der Waals surface area (Å²) in [6.07, 6.45) is 0. The second-order valence-corrected chi connectivity index (χ2v) is 7.04. The molecule has 26 heavy (non-hydrogen) atoms. The van der Waals surface area contributed by atoms with Gasteiger partial charge in [0.1, 0.15) is 12.3 Å². The van der Waals surface area contributed by atoms with Crippen molar-refractivity contribution in [3.63, 3.8) is 0 Å². The fraction of sp³-hybridized carbons (Fsp3) is 0.278. The largest absolute Gasteiger partial charge is 0.494 e. The Morgan fingerprint density at radius 2 is 2.15 bits per heavy atom. The summed E-state index contributed by atoms with van der Waals surface area (Å²) in [5.41, 5.74) is 1.01. The summed E-state index contributed by atoms with van der Waals surface area (Å²) in [6, 6.07) is 11.5. The fourth-order valence-corrected chi connectivity index (χ4v) is 3.51. The minimum Gasteiger partial charge on any atom is -0.494 e. The number of carbonyl (C=O) groups excluding carboxylic acids is 1. The zero-order valence-corrected chi connectivity index (χ0v) is 16.2. The Morgan fingerprint density at radius 3 is 2.81 bits per heavy atom. The third-order valence-electron chi connectivity index (χ3n) is 3.87. The molecule has 0 bridgehead atoms. The molecular weight excluding hydrogens is 368 g/mol. The average molecular weight is 389 g/mol. The number of nitrogens with one attached hydrogen (secondary N) is 2. The number of amides is 1. The molecule has 0 aliphatic rings. The summed E-state index contributed by atoms with van der Waals surface area (Å²) >= 11 is 6.82. The van der Waals surface area contributed by atoms with Gasteiger partial charge in [0.2, 0.25) is 5.91 Å². The number of hydrogen-bond donors (Lipinski definition) is 2. The topological polar surface area (TPSA) is 71.9 Å². The first-order valence-electron chi connectivity index (χ1n) is 8.29. The van der Waals surface area contributed by atoms with E-state index in [1.165, 1.54) is 0 Å². The van der Waals surface area contributed by atoms with Crippen LogP contribution in [-0.4, -0.2) is 27.3 Å². The molecule has 3 aromatic rings. The van der Waals surface area contributed by atoms with Crippen molar-refractivity contribution >= 4 is 29.5 Å². The van der Waals surface area contributed by atoms with Crippen LogP contribution >= 0.6 is 23.6 Å². The van der Waals surface area contributed by atoms with Crippen LogP contribution in [0.2, 0.25) is 0 Å². The molecule has 1 unspecified atom stereocenters. The van der Waals surface area contributed by atoms with E-state index in [9.17, 15) is 4.79 Å². The first-order valence-corrected chi connectivity index (χ1v) is 9.58. The van der Waals surface area contributed by atoms with Gasteiger partial charge in [0, 0.05) is 0 Å². The van der Waals surface area contributed by atoms with Crippen LogP contribution in [0.5, 0.6) is 5.75 Å². The van der Waals surface area contributed by atoms with E-state index in [2.05, 4.69) is 15.5 Å². The molecule has 0 saturated heterocycles. The molecular formula is C18H20N4O2S2. The van der Waals surface area contributed by atoms with Crippen molar-refractivity contribution in [2.75, 3.05) is 6.61 Å². The van der Waals surface area contributed by atoms with Gasteiger partial charge in [-0.1, -0.05) is 18.2 Å². The number of aromatic amines is 1. The number of H-pyrrole nitrogens is 1. The smallest absolute Gasteiger partial charge is 0.240 e. The van der Waals surface area contributed by atoms with E-state index in [-0.39, 0.29) is 18.5 Å². The Morgan fingerprint density at radius 1 is 1.38 bits per heavy atom. The lowest BCUT2D eigenvalue weighted by Crippen LogP contribution is -2.30. The molecule has 1 atom stereocenters. The van der Waals surface area contributed by atoms with Crippen molar-refractivity contribution in [3.05, 3.63) is 52.1 Å². The van der Waals surface area contributed by atoms with Crippen LogP contribution in [-0.2, 0) is 11.3 Å². The molecule has 1 aromatic carbocycles. The zero-order chi connectivity index (χ0) is 18.5. The van der Waals surface area contributed by atoms with E-state index in [4.69, 9.17) is 17.0 Å². The van der Waals surface area contributed by atoms with Gasteiger partial charge in [-0.25, -0.2) is 0 Å². The molecule has 0 radical (unpaired) electrons. The maximum atomic E-state index is 12.5. The minimum absolute atomic E-state index is 0.115. The molecule has 6 nitrogen and oxygen atoms in total. The van der Waals surface area contributed by atoms with E-state index in [1.54, 1.807) is 15.9 Å². The standard InChI is InChI=1S/C18H20N4O2S2/c1-3-24-14-8-6-13(7-9-14)12(2)19-16(23)11-22-17(20-21-18(22)25)15-5-4-10-26-15/h4-10,12H,3,11H2,1-2H3,(H,19,23)(H,21,25). The number of ether oxygens (including phenoxy) is 1. The normalized spacial score (nSPS) is 11.9. The van der Waals surface area contributed by atoms with Gasteiger partial charge in [0.15, 0.2) is 10.6 Å². The summed E-state index contributed by atoms with van der Waals surface area (Å²) < 4.78 is 7.58. The monoisotopic (exact) mass is 388 g/mol. The van der Waals surface area contributed by atoms with Crippen molar-refractivity contribution in [1.29, 1.82) is 0 Å². The maximum Gasteiger partial charge on any atom is 0.240 e. The SMILES string of the molecule is CCOc1ccc(C(C)NC(=O)Cn2c(-c3cccs3)n[nH]c2=S)cc1. The van der Waals surface area contributed by atoms with Crippen molar-refractivity contribution in [3.8, 4) is 16.5 Å². The molecule has 0 aliphatic carbocycles. The molecule has 0 spiro atoms. The lowest BCUT2D eigenvalue weighted by atomic mass is 10.1. The number of carbonyl (C=O) groups is 1. The average Bonchev–Trinajstić information content (AvgIpc) is 3.26. The Labute approximate surface area is 160 Å². The first kappa shape index (κ1) is 18.3. The van der Waals surface area contributed by atoms with E-state index >= 15 is 0 Å². The third-order valence-corrected chi connectivity index (χ3v) is 5.05. The molecule has 0 saturated carbocycles. The molecule has 2 heterocycles. The van der Waals surface area contributed by atoms with E-state index < -0.39 is 0 Å². The Kier molecular flexibility index (Phi) is 5.85. The molecule has 0 aliphatic heterocycles. The molecule has 0 fully saturated rings. The highest BCUT2D eigenvalue weighted by molar-refractivity contribution is 7.71. The van der Waals surface area contributed by atoms with Crippen LogP contribution in [0.4, 0.5) is 0 Å². The van der Waals surface area contributed by atoms with Crippen molar-refractivity contribution < 1.29 is 9.53 Å². The van der Waals surface area contributed by atoms with Gasteiger partial charge in [0.05, 0.1) is 17.5 Å². The highest BCUT2D eigenvalue weighted by atomic mass is 32.1. The number of nitrogens with zero attached hydrogens (tertiary/aromatic N) is 2. The summed E-state index contributed by atoms with van der Waals surface area (Å²) in [7, 11) is 0. The van der Waals surface area contributed by atoms with Gasteiger partial charge in [-0.3, -0.25) is 14.5 Å². The molecule has 1 amide bonds. The summed E-state index contributed by atoms with van der Waals surface area (Å²) in [4.78, 5) is 13.5. The van der Waals surface area contributed by atoms with Crippen LogP contribution in [0.15, 0.2) is 41.8 Å². The molecule has 3 rings (SSSR count). The predicted molar refractivity (Wildman–Crippen MR) is 105 cm³/mol. The number of aromatic nitrogens is 3. The molecule has 8 heteroatoms. The number of hydrogen-bond acceptors (Lipinski definition) is 5. The first-order chi connectivity index (χ1) is 12.6. The van der Waals surface area contributed by atoms with Gasteiger partial charge in [-0.05, 0) is 55.2 Å². The van der Waals surface area contributed by atoms with Gasteiger partial charge in [-0.15, -0.1) is 11.3 Å². The van der Waals surface area contributed by atoms with Gasteiger partial charge >= 0.3 is 0 Å². The van der Waals surface area contributed by atoms with Crippen LogP contribution in [0, 0.1) is 4.77 Å². The predicted octanol–water partition coefficient (Wildman–Crippen LogP) is 3.95. The lowest BCUT2D eigenvalue weighted by molar-refractivity contribution is -0.122. The van der Waals surface area contributed by atoms with E-state index in [0.717, 1.165) is 16.2 Å².